The van der Waals surface area contributed by atoms with Gasteiger partial charge in [-0.05, 0) is 48.2 Å². The molecule has 1 aliphatic rings. The molecule has 0 aliphatic heterocycles. The molecule has 0 aromatic heterocycles. The summed E-state index contributed by atoms with van der Waals surface area (Å²) in [6.45, 7) is 1.10. The number of carbonyl (C=O) groups is 1. The number of guanidine groups is 1. The number of rotatable bonds is 8. The van der Waals surface area contributed by atoms with Crippen LogP contribution >= 0.6 is 24.0 Å². The van der Waals surface area contributed by atoms with Crippen LogP contribution in [0.3, 0.4) is 0 Å². The molecule has 30 heavy (non-hydrogen) atoms. The van der Waals surface area contributed by atoms with E-state index >= 15 is 0 Å². The second-order valence-electron chi connectivity index (χ2n) is 7.16. The number of hydrogen-bond acceptors (Lipinski definition) is 3. The Balaban J connectivity index is 0.00000320. The molecule has 2 N–H and O–H groups in total. The molecule has 6 nitrogen and oxygen atoms in total. The number of nitrogens with one attached hydrogen (secondary N) is 2. The molecule has 0 spiro atoms. The fraction of sp³-hybridized carbons (Fsp3) is 0.364. The second kappa shape index (κ2) is 11.7. The third kappa shape index (κ3) is 7.81. The van der Waals surface area contributed by atoms with Crippen LogP contribution in [0.15, 0.2) is 53.5 Å². The quantitative estimate of drug-likeness (QED) is 0.315. The Morgan fingerprint density at radius 1 is 1.20 bits per heavy atom. The largest absolute Gasteiger partial charge is 0.484 e. The van der Waals surface area contributed by atoms with E-state index in [0.717, 1.165) is 24.0 Å². The Hall–Kier alpha value is -2.36. The van der Waals surface area contributed by atoms with Gasteiger partial charge in [-0.25, -0.2) is 4.39 Å². The number of benzene rings is 2. The van der Waals surface area contributed by atoms with E-state index in [0.29, 0.717) is 30.8 Å². The van der Waals surface area contributed by atoms with Crippen LogP contribution < -0.4 is 15.4 Å². The standard InChI is InChI=1S/C22H27FN4O2.HI/c1-24-22(27(2)14-17-6-3-7-18(23)11-17)25-13-16-5-4-8-20(12-16)29-15-21(28)26-19-9-10-19;/h3-8,11-12,19H,9-10,13-15H2,1-2H3,(H,24,25)(H,26,28);1H. The Morgan fingerprint density at radius 3 is 2.63 bits per heavy atom. The fourth-order valence-corrected chi connectivity index (χ4v) is 2.94. The van der Waals surface area contributed by atoms with Crippen molar-refractivity contribution >= 4 is 35.8 Å². The SMILES string of the molecule is CN=C(NCc1cccc(OCC(=O)NC2CC2)c1)N(C)Cc1cccc(F)c1.I. The van der Waals surface area contributed by atoms with Gasteiger partial charge >= 0.3 is 0 Å². The van der Waals surface area contributed by atoms with Crippen molar-refractivity contribution in [1.82, 2.24) is 15.5 Å². The average Bonchev–Trinajstić information content (AvgIpc) is 3.51. The first-order valence-electron chi connectivity index (χ1n) is 9.71. The van der Waals surface area contributed by atoms with Crippen LogP contribution in [0.1, 0.15) is 24.0 Å². The third-order valence-electron chi connectivity index (χ3n) is 4.54. The number of hydrogen-bond donors (Lipinski definition) is 2. The average molecular weight is 526 g/mol. The molecule has 0 atom stereocenters. The highest BCUT2D eigenvalue weighted by Crippen LogP contribution is 2.18. The summed E-state index contributed by atoms with van der Waals surface area (Å²) in [7, 11) is 3.61. The zero-order chi connectivity index (χ0) is 20.6. The molecular formula is C22H28FIN4O2. The second-order valence-corrected chi connectivity index (χ2v) is 7.16. The van der Waals surface area contributed by atoms with E-state index in [1.165, 1.54) is 12.1 Å². The highest BCUT2D eigenvalue weighted by molar-refractivity contribution is 14.0. The molecule has 0 heterocycles. The number of carbonyl (C=O) groups excluding carboxylic acids is 1. The minimum Gasteiger partial charge on any atom is -0.484 e. The van der Waals surface area contributed by atoms with Gasteiger partial charge in [0.2, 0.25) is 0 Å². The van der Waals surface area contributed by atoms with Crippen molar-refractivity contribution in [1.29, 1.82) is 0 Å². The fourth-order valence-electron chi connectivity index (χ4n) is 2.94. The topological polar surface area (TPSA) is 66.0 Å². The molecule has 8 heteroatoms. The predicted octanol–water partition coefficient (Wildman–Crippen LogP) is 3.31. The Morgan fingerprint density at radius 2 is 1.93 bits per heavy atom. The maximum absolute atomic E-state index is 13.4. The molecule has 1 amide bonds. The van der Waals surface area contributed by atoms with Crippen LogP contribution in [0.4, 0.5) is 4.39 Å². The first kappa shape index (κ1) is 23.9. The molecule has 1 aliphatic carbocycles. The van der Waals surface area contributed by atoms with E-state index in [1.807, 2.05) is 42.3 Å². The van der Waals surface area contributed by atoms with Crippen LogP contribution in [0.25, 0.3) is 0 Å². The van der Waals surface area contributed by atoms with E-state index in [-0.39, 0.29) is 42.3 Å². The Kier molecular flexibility index (Phi) is 9.35. The minimum atomic E-state index is -0.249. The normalized spacial score (nSPS) is 13.2. The van der Waals surface area contributed by atoms with Gasteiger partial charge in [0.15, 0.2) is 12.6 Å². The number of ether oxygens (including phenoxy) is 1. The maximum atomic E-state index is 13.4. The van der Waals surface area contributed by atoms with Crippen molar-refractivity contribution in [2.24, 2.45) is 4.99 Å². The molecule has 162 valence electrons. The Bertz CT molecular complexity index is 874. The van der Waals surface area contributed by atoms with Gasteiger partial charge in [0.1, 0.15) is 11.6 Å². The van der Waals surface area contributed by atoms with Crippen LogP contribution in [0.2, 0.25) is 0 Å². The lowest BCUT2D eigenvalue weighted by Crippen LogP contribution is -2.38. The molecule has 0 radical (unpaired) electrons. The summed E-state index contributed by atoms with van der Waals surface area (Å²) in [4.78, 5) is 18.0. The summed E-state index contributed by atoms with van der Waals surface area (Å²) in [6.07, 6.45) is 2.11. The minimum absolute atomic E-state index is 0. The van der Waals surface area contributed by atoms with Gasteiger partial charge in [-0.1, -0.05) is 24.3 Å². The molecule has 2 aromatic rings. The van der Waals surface area contributed by atoms with E-state index in [1.54, 1.807) is 13.1 Å². The van der Waals surface area contributed by atoms with E-state index in [2.05, 4.69) is 15.6 Å². The van der Waals surface area contributed by atoms with Gasteiger partial charge in [0, 0.05) is 33.2 Å². The molecule has 2 aromatic carbocycles. The first-order chi connectivity index (χ1) is 14.0. The summed E-state index contributed by atoms with van der Waals surface area (Å²) in [5, 5.41) is 6.20. The summed E-state index contributed by atoms with van der Waals surface area (Å²) in [6, 6.07) is 14.5. The smallest absolute Gasteiger partial charge is 0.258 e. The van der Waals surface area contributed by atoms with Crippen LogP contribution in [0, 0.1) is 5.82 Å². The number of aliphatic imine (C=N–C) groups is 1. The van der Waals surface area contributed by atoms with Crippen molar-refractivity contribution in [2.75, 3.05) is 20.7 Å². The van der Waals surface area contributed by atoms with Gasteiger partial charge in [-0.3, -0.25) is 9.79 Å². The molecule has 1 fully saturated rings. The maximum Gasteiger partial charge on any atom is 0.258 e. The molecule has 0 saturated heterocycles. The van der Waals surface area contributed by atoms with Crippen LogP contribution in [0.5, 0.6) is 5.75 Å². The number of nitrogens with zero attached hydrogens (tertiary/aromatic N) is 2. The molecule has 3 rings (SSSR count). The van der Waals surface area contributed by atoms with Gasteiger partial charge in [-0.15, -0.1) is 24.0 Å². The van der Waals surface area contributed by atoms with E-state index in [4.69, 9.17) is 4.74 Å². The number of amides is 1. The Labute approximate surface area is 193 Å². The predicted molar refractivity (Wildman–Crippen MR) is 127 cm³/mol. The van der Waals surface area contributed by atoms with Crippen molar-refractivity contribution in [3.8, 4) is 5.75 Å². The van der Waals surface area contributed by atoms with Gasteiger partial charge in [0.25, 0.3) is 5.91 Å². The summed E-state index contributed by atoms with van der Waals surface area (Å²) in [5.41, 5.74) is 1.88. The van der Waals surface area contributed by atoms with E-state index in [9.17, 15) is 9.18 Å². The molecule has 0 bridgehead atoms. The lowest BCUT2D eigenvalue weighted by atomic mass is 10.2. The monoisotopic (exact) mass is 526 g/mol. The zero-order valence-electron chi connectivity index (χ0n) is 17.2. The van der Waals surface area contributed by atoms with Crippen molar-refractivity contribution < 1.29 is 13.9 Å². The van der Waals surface area contributed by atoms with E-state index < -0.39 is 0 Å². The summed E-state index contributed by atoms with van der Waals surface area (Å²) >= 11 is 0. The number of halogens is 2. The summed E-state index contributed by atoms with van der Waals surface area (Å²) < 4.78 is 19.0. The van der Waals surface area contributed by atoms with Gasteiger partial charge in [0.05, 0.1) is 0 Å². The third-order valence-corrected chi connectivity index (χ3v) is 4.54. The van der Waals surface area contributed by atoms with Gasteiger partial charge < -0.3 is 20.3 Å². The zero-order valence-corrected chi connectivity index (χ0v) is 19.6. The summed E-state index contributed by atoms with van der Waals surface area (Å²) in [5.74, 6) is 1.01. The highest BCUT2D eigenvalue weighted by atomic mass is 127. The van der Waals surface area contributed by atoms with Crippen molar-refractivity contribution in [3.05, 3.63) is 65.5 Å². The van der Waals surface area contributed by atoms with Gasteiger partial charge in [-0.2, -0.15) is 0 Å². The molecule has 0 unspecified atom stereocenters. The van der Waals surface area contributed by atoms with Crippen molar-refractivity contribution in [3.63, 3.8) is 0 Å². The lowest BCUT2D eigenvalue weighted by molar-refractivity contribution is -0.123. The van der Waals surface area contributed by atoms with Crippen molar-refractivity contribution in [2.45, 2.75) is 32.0 Å². The molecule has 1 saturated carbocycles. The van der Waals surface area contributed by atoms with Crippen LogP contribution in [-0.4, -0.2) is 43.5 Å². The highest BCUT2D eigenvalue weighted by Gasteiger charge is 2.23. The van der Waals surface area contributed by atoms with Crippen LogP contribution in [-0.2, 0) is 17.9 Å². The lowest BCUT2D eigenvalue weighted by Gasteiger charge is -2.22. The first-order valence-corrected chi connectivity index (χ1v) is 9.71. The molecular weight excluding hydrogens is 498 g/mol.